The van der Waals surface area contributed by atoms with Gasteiger partial charge in [0.05, 0.1) is 18.8 Å². The quantitative estimate of drug-likeness (QED) is 0.699. The summed E-state index contributed by atoms with van der Waals surface area (Å²) in [6.07, 6.45) is 2.51. The van der Waals surface area contributed by atoms with E-state index in [1.807, 2.05) is 45.3 Å². The van der Waals surface area contributed by atoms with Crippen LogP contribution in [0, 0.1) is 6.92 Å². The first kappa shape index (κ1) is 18.7. The first-order valence-corrected chi connectivity index (χ1v) is 8.87. The largest absolute Gasteiger partial charge is 0.497 e. The zero-order valence-corrected chi connectivity index (χ0v) is 16.0. The minimum absolute atomic E-state index is 0.101. The van der Waals surface area contributed by atoms with Crippen molar-refractivity contribution in [3.05, 3.63) is 57.6 Å². The molecule has 0 aliphatic carbocycles. The predicted molar refractivity (Wildman–Crippen MR) is 104 cm³/mol. The number of hydrogen-bond donors (Lipinski definition) is 2. The number of ether oxygens (including phenoxy) is 1. The molecule has 0 radical (unpaired) electrons. The summed E-state index contributed by atoms with van der Waals surface area (Å²) in [6.45, 7) is 3.85. The maximum absolute atomic E-state index is 12.3. The standard InChI is InChI=1S/C20H24N4O3/c1-12(17-11-24(3)23-13(17)2)21-19(25)8-5-14-9-15-10-16(27-4)6-7-18(15)22-20(14)26/h6-7,9-12H,5,8H2,1-4H3,(H,21,25)(H,22,26). The molecule has 0 spiro atoms. The van der Waals surface area contributed by atoms with Crippen molar-refractivity contribution < 1.29 is 9.53 Å². The van der Waals surface area contributed by atoms with E-state index in [9.17, 15) is 9.59 Å². The van der Waals surface area contributed by atoms with Gasteiger partial charge in [-0.2, -0.15) is 5.10 Å². The summed E-state index contributed by atoms with van der Waals surface area (Å²) < 4.78 is 6.96. The lowest BCUT2D eigenvalue weighted by atomic mass is 10.1. The van der Waals surface area contributed by atoms with Crippen LogP contribution in [-0.2, 0) is 18.3 Å². The summed E-state index contributed by atoms with van der Waals surface area (Å²) >= 11 is 0. The van der Waals surface area contributed by atoms with Gasteiger partial charge in [0.25, 0.3) is 5.56 Å². The van der Waals surface area contributed by atoms with Gasteiger partial charge >= 0.3 is 0 Å². The molecule has 3 aromatic rings. The molecule has 7 nitrogen and oxygen atoms in total. The predicted octanol–water partition coefficient (Wildman–Crippen LogP) is 2.39. The van der Waals surface area contributed by atoms with Gasteiger partial charge in [0.15, 0.2) is 0 Å². The molecule has 1 atom stereocenters. The van der Waals surface area contributed by atoms with Gasteiger partial charge in [-0.25, -0.2) is 0 Å². The van der Waals surface area contributed by atoms with Gasteiger partial charge in [-0.1, -0.05) is 0 Å². The van der Waals surface area contributed by atoms with Crippen LogP contribution in [-0.4, -0.2) is 27.8 Å². The Labute approximate surface area is 157 Å². The number of hydrogen-bond acceptors (Lipinski definition) is 4. The fraction of sp³-hybridized carbons (Fsp3) is 0.350. The van der Waals surface area contributed by atoms with E-state index in [-0.39, 0.29) is 23.9 Å². The summed E-state index contributed by atoms with van der Waals surface area (Å²) in [7, 11) is 3.45. The van der Waals surface area contributed by atoms with Crippen LogP contribution < -0.4 is 15.6 Å². The van der Waals surface area contributed by atoms with Gasteiger partial charge in [0.1, 0.15) is 5.75 Å². The monoisotopic (exact) mass is 368 g/mol. The van der Waals surface area contributed by atoms with Crippen molar-refractivity contribution in [3.63, 3.8) is 0 Å². The highest BCUT2D eigenvalue weighted by Gasteiger charge is 2.15. The molecular weight excluding hydrogens is 344 g/mol. The molecule has 27 heavy (non-hydrogen) atoms. The van der Waals surface area contributed by atoms with E-state index < -0.39 is 0 Å². The molecule has 1 aromatic carbocycles. The highest BCUT2D eigenvalue weighted by Crippen LogP contribution is 2.19. The van der Waals surface area contributed by atoms with Gasteiger partial charge in [-0.05, 0) is 44.5 Å². The average molecular weight is 368 g/mol. The lowest BCUT2D eigenvalue weighted by Gasteiger charge is -2.13. The lowest BCUT2D eigenvalue weighted by Crippen LogP contribution is -2.27. The Morgan fingerprint density at radius 1 is 1.37 bits per heavy atom. The normalized spacial score (nSPS) is 12.1. The summed E-state index contributed by atoms with van der Waals surface area (Å²) in [5.74, 6) is 0.620. The molecule has 1 unspecified atom stereocenters. The van der Waals surface area contributed by atoms with E-state index in [4.69, 9.17) is 4.74 Å². The maximum atomic E-state index is 12.3. The van der Waals surface area contributed by atoms with Gasteiger partial charge in [-0.3, -0.25) is 14.3 Å². The Balaban J connectivity index is 1.68. The zero-order chi connectivity index (χ0) is 19.6. The van der Waals surface area contributed by atoms with Gasteiger partial charge < -0.3 is 15.0 Å². The Hall–Kier alpha value is -3.09. The van der Waals surface area contributed by atoms with Crippen molar-refractivity contribution in [2.24, 2.45) is 7.05 Å². The average Bonchev–Trinajstić information content (AvgIpc) is 2.97. The fourth-order valence-electron chi connectivity index (χ4n) is 3.23. The highest BCUT2D eigenvalue weighted by atomic mass is 16.5. The molecule has 0 aliphatic heterocycles. The Morgan fingerprint density at radius 2 is 2.15 bits per heavy atom. The van der Waals surface area contributed by atoms with E-state index in [1.54, 1.807) is 17.9 Å². The number of H-pyrrole nitrogens is 1. The molecule has 1 amide bonds. The number of pyridine rings is 1. The van der Waals surface area contributed by atoms with Crippen molar-refractivity contribution in [2.75, 3.05) is 7.11 Å². The highest BCUT2D eigenvalue weighted by molar-refractivity contribution is 5.81. The van der Waals surface area contributed by atoms with Gasteiger partial charge in [0.2, 0.25) is 5.91 Å². The molecule has 2 heterocycles. The smallest absolute Gasteiger partial charge is 0.251 e. The molecule has 3 rings (SSSR count). The number of aromatic amines is 1. The van der Waals surface area contributed by atoms with Gasteiger partial charge in [-0.15, -0.1) is 0 Å². The second-order valence-corrected chi connectivity index (χ2v) is 6.71. The number of benzene rings is 1. The van der Waals surface area contributed by atoms with E-state index in [0.29, 0.717) is 12.0 Å². The SMILES string of the molecule is COc1ccc2[nH]c(=O)c(CCC(=O)NC(C)c3cn(C)nc3C)cc2c1. The first-order valence-electron chi connectivity index (χ1n) is 8.87. The molecule has 7 heteroatoms. The van der Waals surface area contributed by atoms with E-state index in [2.05, 4.69) is 15.4 Å². The second kappa shape index (κ2) is 7.65. The number of fused-ring (bicyclic) bond motifs is 1. The first-order chi connectivity index (χ1) is 12.9. The van der Waals surface area contributed by atoms with Crippen LogP contribution in [0.1, 0.15) is 36.2 Å². The summed E-state index contributed by atoms with van der Waals surface area (Å²) in [5, 5.41) is 8.15. The number of amides is 1. The fourth-order valence-corrected chi connectivity index (χ4v) is 3.23. The van der Waals surface area contributed by atoms with Crippen molar-refractivity contribution in [1.29, 1.82) is 0 Å². The van der Waals surface area contributed by atoms with E-state index in [0.717, 1.165) is 27.9 Å². The number of carbonyl (C=O) groups excluding carboxylic acids is 1. The van der Waals surface area contributed by atoms with Crippen LogP contribution in [0.15, 0.2) is 35.3 Å². The maximum Gasteiger partial charge on any atom is 0.251 e. The van der Waals surface area contributed by atoms with Crippen LogP contribution in [0.4, 0.5) is 0 Å². The van der Waals surface area contributed by atoms with Gasteiger partial charge in [0, 0.05) is 41.7 Å². The van der Waals surface area contributed by atoms with Crippen LogP contribution in [0.25, 0.3) is 10.9 Å². The van der Waals surface area contributed by atoms with Crippen LogP contribution in [0.3, 0.4) is 0 Å². The molecule has 0 saturated carbocycles. The van der Waals surface area contributed by atoms with Crippen LogP contribution >= 0.6 is 0 Å². The third-order valence-corrected chi connectivity index (χ3v) is 4.65. The Kier molecular flexibility index (Phi) is 5.30. The number of aromatic nitrogens is 3. The third-order valence-electron chi connectivity index (χ3n) is 4.65. The zero-order valence-electron chi connectivity index (χ0n) is 16.0. The number of carbonyl (C=O) groups is 1. The molecule has 0 aliphatic rings. The molecule has 0 bridgehead atoms. The third kappa shape index (κ3) is 4.19. The number of methoxy groups -OCH3 is 1. The summed E-state index contributed by atoms with van der Waals surface area (Å²) in [4.78, 5) is 27.4. The molecular formula is C20H24N4O3. The van der Waals surface area contributed by atoms with Crippen molar-refractivity contribution in [1.82, 2.24) is 20.1 Å². The van der Waals surface area contributed by atoms with Crippen molar-refractivity contribution in [3.8, 4) is 5.75 Å². The molecule has 142 valence electrons. The topological polar surface area (TPSA) is 89.0 Å². The number of rotatable bonds is 6. The van der Waals surface area contributed by atoms with E-state index in [1.165, 1.54) is 0 Å². The Morgan fingerprint density at radius 3 is 2.81 bits per heavy atom. The van der Waals surface area contributed by atoms with Crippen LogP contribution in [0.2, 0.25) is 0 Å². The number of aryl methyl sites for hydroxylation is 3. The summed E-state index contributed by atoms with van der Waals surface area (Å²) in [5.41, 5.74) is 3.04. The van der Waals surface area contributed by atoms with Crippen molar-refractivity contribution in [2.45, 2.75) is 32.7 Å². The molecule has 2 N–H and O–H groups in total. The molecule has 2 aromatic heterocycles. The number of nitrogens with one attached hydrogen (secondary N) is 2. The molecule has 0 fully saturated rings. The number of nitrogens with zero attached hydrogens (tertiary/aromatic N) is 2. The minimum Gasteiger partial charge on any atom is -0.497 e. The van der Waals surface area contributed by atoms with Crippen LogP contribution in [0.5, 0.6) is 5.75 Å². The van der Waals surface area contributed by atoms with Crippen molar-refractivity contribution >= 4 is 16.8 Å². The minimum atomic E-state index is -0.170. The molecule has 0 saturated heterocycles. The summed E-state index contributed by atoms with van der Waals surface area (Å²) in [6, 6.07) is 7.16. The Bertz CT molecular complexity index is 1040. The lowest BCUT2D eigenvalue weighted by molar-refractivity contribution is -0.121. The second-order valence-electron chi connectivity index (χ2n) is 6.71. The van der Waals surface area contributed by atoms with E-state index >= 15 is 0 Å².